The summed E-state index contributed by atoms with van der Waals surface area (Å²) >= 11 is 5.58. The van der Waals surface area contributed by atoms with Crippen molar-refractivity contribution in [1.29, 1.82) is 0 Å². The van der Waals surface area contributed by atoms with Crippen molar-refractivity contribution in [3.8, 4) is 0 Å². The average molecular weight is 329 g/mol. The molecule has 23 heavy (non-hydrogen) atoms. The van der Waals surface area contributed by atoms with Gasteiger partial charge in [0.1, 0.15) is 5.76 Å². The van der Waals surface area contributed by atoms with Gasteiger partial charge in [0.15, 0.2) is 5.11 Å². The summed E-state index contributed by atoms with van der Waals surface area (Å²) in [5, 5.41) is 4.20. The first-order chi connectivity index (χ1) is 11.1. The molecular formula is C18H23N3OS. The molecule has 0 aliphatic carbocycles. The molecule has 1 fully saturated rings. The van der Waals surface area contributed by atoms with E-state index < -0.39 is 0 Å². The largest absolute Gasteiger partial charge is 0.468 e. The van der Waals surface area contributed by atoms with Gasteiger partial charge in [0, 0.05) is 31.9 Å². The van der Waals surface area contributed by atoms with Crippen LogP contribution in [-0.2, 0) is 6.54 Å². The lowest BCUT2D eigenvalue weighted by Gasteiger charge is -2.36. The highest BCUT2D eigenvalue weighted by molar-refractivity contribution is 7.80. The maximum absolute atomic E-state index is 5.58. The van der Waals surface area contributed by atoms with E-state index in [0.29, 0.717) is 0 Å². The lowest BCUT2D eigenvalue weighted by molar-refractivity contribution is 0.166. The first-order valence-corrected chi connectivity index (χ1v) is 8.40. The molecule has 1 saturated heterocycles. The molecule has 1 aliphatic heterocycles. The number of rotatable bonds is 3. The second-order valence-electron chi connectivity index (χ2n) is 6.09. The predicted molar refractivity (Wildman–Crippen MR) is 97.7 cm³/mol. The van der Waals surface area contributed by atoms with Crippen LogP contribution in [0.15, 0.2) is 41.0 Å². The normalized spacial score (nSPS) is 15.7. The van der Waals surface area contributed by atoms with Gasteiger partial charge in [-0.25, -0.2) is 0 Å². The Morgan fingerprint density at radius 2 is 1.96 bits per heavy atom. The van der Waals surface area contributed by atoms with Crippen LogP contribution in [0.4, 0.5) is 5.69 Å². The Kier molecular flexibility index (Phi) is 4.98. The molecule has 0 atom stereocenters. The van der Waals surface area contributed by atoms with E-state index in [-0.39, 0.29) is 0 Å². The summed E-state index contributed by atoms with van der Waals surface area (Å²) in [5.41, 5.74) is 3.59. The highest BCUT2D eigenvalue weighted by atomic mass is 32.1. The maximum atomic E-state index is 5.58. The van der Waals surface area contributed by atoms with Crippen molar-refractivity contribution in [1.82, 2.24) is 9.80 Å². The van der Waals surface area contributed by atoms with E-state index in [2.05, 4.69) is 47.2 Å². The first-order valence-electron chi connectivity index (χ1n) is 8.00. The van der Waals surface area contributed by atoms with Gasteiger partial charge in [-0.2, -0.15) is 0 Å². The lowest BCUT2D eigenvalue weighted by atomic mass is 10.1. The summed E-state index contributed by atoms with van der Waals surface area (Å²) in [6.07, 6.45) is 1.73. The van der Waals surface area contributed by atoms with Crippen LogP contribution in [0.3, 0.4) is 0 Å². The van der Waals surface area contributed by atoms with Gasteiger partial charge in [-0.15, -0.1) is 0 Å². The van der Waals surface area contributed by atoms with Crippen LogP contribution >= 0.6 is 12.2 Å². The molecule has 0 saturated carbocycles. The highest BCUT2D eigenvalue weighted by Gasteiger charge is 2.19. The van der Waals surface area contributed by atoms with Crippen molar-refractivity contribution in [2.24, 2.45) is 0 Å². The summed E-state index contributed by atoms with van der Waals surface area (Å²) in [7, 11) is 0. The Bertz CT molecular complexity index is 661. The average Bonchev–Trinajstić information content (AvgIpc) is 3.04. The van der Waals surface area contributed by atoms with Crippen molar-refractivity contribution >= 4 is 23.0 Å². The number of benzene rings is 1. The summed E-state index contributed by atoms with van der Waals surface area (Å²) in [6, 6.07) is 10.4. The van der Waals surface area contributed by atoms with Crippen LogP contribution in [0, 0.1) is 13.8 Å². The van der Waals surface area contributed by atoms with E-state index in [1.54, 1.807) is 6.26 Å². The fraction of sp³-hybridized carbons (Fsp3) is 0.389. The minimum Gasteiger partial charge on any atom is -0.468 e. The third kappa shape index (κ3) is 4.12. The maximum Gasteiger partial charge on any atom is 0.173 e. The number of piperazine rings is 1. The molecule has 1 aromatic carbocycles. The van der Waals surface area contributed by atoms with E-state index in [1.807, 2.05) is 12.1 Å². The third-order valence-corrected chi connectivity index (χ3v) is 4.60. The molecule has 0 spiro atoms. The van der Waals surface area contributed by atoms with E-state index in [9.17, 15) is 0 Å². The van der Waals surface area contributed by atoms with Crippen molar-refractivity contribution < 1.29 is 4.42 Å². The number of nitrogens with zero attached hydrogens (tertiary/aromatic N) is 2. The molecule has 1 N–H and O–H groups in total. The van der Waals surface area contributed by atoms with Crippen LogP contribution < -0.4 is 5.32 Å². The zero-order valence-corrected chi connectivity index (χ0v) is 14.5. The monoisotopic (exact) mass is 329 g/mol. The van der Waals surface area contributed by atoms with Gasteiger partial charge >= 0.3 is 0 Å². The molecule has 2 aromatic rings. The van der Waals surface area contributed by atoms with Crippen molar-refractivity contribution in [2.45, 2.75) is 20.4 Å². The predicted octanol–water partition coefficient (Wildman–Crippen LogP) is 3.41. The molecule has 122 valence electrons. The standard InChI is InChI=1S/C18H23N3OS/c1-14-5-6-17(15(2)12-14)19-18(23)21-9-7-20(8-10-21)13-16-4-3-11-22-16/h3-6,11-12H,7-10,13H2,1-2H3,(H,19,23). The van der Waals surface area contributed by atoms with Crippen molar-refractivity contribution in [3.05, 3.63) is 53.5 Å². The summed E-state index contributed by atoms with van der Waals surface area (Å²) in [4.78, 5) is 4.64. The van der Waals surface area contributed by atoms with E-state index in [1.165, 1.54) is 11.1 Å². The fourth-order valence-electron chi connectivity index (χ4n) is 2.88. The summed E-state index contributed by atoms with van der Waals surface area (Å²) in [5.74, 6) is 1.02. The summed E-state index contributed by atoms with van der Waals surface area (Å²) < 4.78 is 5.42. The number of hydrogen-bond donors (Lipinski definition) is 1. The number of anilines is 1. The fourth-order valence-corrected chi connectivity index (χ4v) is 3.17. The second-order valence-corrected chi connectivity index (χ2v) is 6.48. The Hall–Kier alpha value is -1.85. The quantitative estimate of drug-likeness (QED) is 0.872. The second kappa shape index (κ2) is 7.15. The SMILES string of the molecule is Cc1ccc(NC(=S)N2CCN(Cc3ccco3)CC2)c(C)c1. The zero-order valence-electron chi connectivity index (χ0n) is 13.7. The van der Waals surface area contributed by atoms with Gasteiger partial charge in [0.25, 0.3) is 0 Å². The van der Waals surface area contributed by atoms with Crippen LogP contribution in [0.25, 0.3) is 0 Å². The van der Waals surface area contributed by atoms with Crippen LogP contribution in [0.1, 0.15) is 16.9 Å². The molecular weight excluding hydrogens is 306 g/mol. The Morgan fingerprint density at radius 1 is 1.17 bits per heavy atom. The minimum absolute atomic E-state index is 0.814. The number of furan rings is 1. The molecule has 1 aliphatic rings. The molecule has 0 bridgehead atoms. The molecule has 2 heterocycles. The van der Waals surface area contributed by atoms with Crippen molar-refractivity contribution in [3.63, 3.8) is 0 Å². The smallest absolute Gasteiger partial charge is 0.173 e. The number of aryl methyl sites for hydroxylation is 2. The van der Waals surface area contributed by atoms with E-state index in [0.717, 1.165) is 49.3 Å². The molecule has 0 radical (unpaired) electrons. The van der Waals surface area contributed by atoms with Gasteiger partial charge in [0.2, 0.25) is 0 Å². The molecule has 3 rings (SSSR count). The van der Waals surface area contributed by atoms with Crippen molar-refractivity contribution in [2.75, 3.05) is 31.5 Å². The van der Waals surface area contributed by atoms with Gasteiger partial charge in [-0.1, -0.05) is 17.7 Å². The van der Waals surface area contributed by atoms with Crippen LogP contribution in [-0.4, -0.2) is 41.1 Å². The van der Waals surface area contributed by atoms with Gasteiger partial charge in [-0.3, -0.25) is 4.90 Å². The van der Waals surface area contributed by atoms with Crippen LogP contribution in [0.5, 0.6) is 0 Å². The molecule has 0 unspecified atom stereocenters. The van der Waals surface area contributed by atoms with Crippen LogP contribution in [0.2, 0.25) is 0 Å². The minimum atomic E-state index is 0.814. The first kappa shape index (κ1) is 16.0. The van der Waals surface area contributed by atoms with Gasteiger partial charge in [0.05, 0.1) is 12.8 Å². The molecule has 4 nitrogen and oxygen atoms in total. The molecule has 1 aromatic heterocycles. The highest BCUT2D eigenvalue weighted by Crippen LogP contribution is 2.17. The lowest BCUT2D eigenvalue weighted by Crippen LogP contribution is -2.49. The third-order valence-electron chi connectivity index (χ3n) is 4.24. The zero-order chi connectivity index (χ0) is 16.2. The Morgan fingerprint density at radius 3 is 2.61 bits per heavy atom. The van der Waals surface area contributed by atoms with E-state index in [4.69, 9.17) is 16.6 Å². The van der Waals surface area contributed by atoms with Gasteiger partial charge in [-0.05, 0) is 49.8 Å². The molecule has 0 amide bonds. The number of nitrogens with one attached hydrogen (secondary N) is 1. The Labute approximate surface area is 143 Å². The topological polar surface area (TPSA) is 31.6 Å². The summed E-state index contributed by atoms with van der Waals surface area (Å²) in [6.45, 7) is 8.96. The van der Waals surface area contributed by atoms with E-state index >= 15 is 0 Å². The Balaban J connectivity index is 1.51. The molecule has 5 heteroatoms. The van der Waals surface area contributed by atoms with Gasteiger partial charge < -0.3 is 14.6 Å². The number of hydrogen-bond acceptors (Lipinski definition) is 3. The number of thiocarbonyl (C=S) groups is 1.